The molecule has 1 heterocycles. The zero-order valence-corrected chi connectivity index (χ0v) is 12.1. The Morgan fingerprint density at radius 3 is 2.80 bits per heavy atom. The molecule has 0 saturated carbocycles. The summed E-state index contributed by atoms with van der Waals surface area (Å²) in [6.45, 7) is 2.07. The lowest BCUT2D eigenvalue weighted by Gasteiger charge is -2.07. The Morgan fingerprint density at radius 2 is 2.20 bits per heavy atom. The molecule has 8 heteroatoms. The van der Waals surface area contributed by atoms with Crippen LogP contribution in [-0.2, 0) is 6.42 Å². The van der Waals surface area contributed by atoms with Crippen LogP contribution in [0.2, 0.25) is 10.0 Å². The lowest BCUT2D eigenvalue weighted by Crippen LogP contribution is -2.26. The summed E-state index contributed by atoms with van der Waals surface area (Å²) in [7, 11) is 0. The van der Waals surface area contributed by atoms with Crippen molar-refractivity contribution >= 4 is 34.8 Å². The summed E-state index contributed by atoms with van der Waals surface area (Å²) in [5.74, 6) is 0.732. The standard InChI is InChI=1S/C12H12Cl2N4O2/c1-6-17-10(18-20-6)2-3-16-12(19)7-4-8(13)11(14)9(15)5-7/h4-5H,2-3,15H2,1H3,(H,16,19). The van der Waals surface area contributed by atoms with E-state index in [4.69, 9.17) is 33.5 Å². The molecule has 0 atom stereocenters. The van der Waals surface area contributed by atoms with Gasteiger partial charge in [0.2, 0.25) is 5.89 Å². The van der Waals surface area contributed by atoms with Gasteiger partial charge in [0.25, 0.3) is 5.91 Å². The van der Waals surface area contributed by atoms with Gasteiger partial charge in [-0.15, -0.1) is 0 Å². The number of nitrogens with one attached hydrogen (secondary N) is 1. The zero-order chi connectivity index (χ0) is 14.7. The van der Waals surface area contributed by atoms with Crippen LogP contribution in [0.5, 0.6) is 0 Å². The molecule has 0 aliphatic rings. The number of halogens is 2. The Hall–Kier alpha value is -1.79. The van der Waals surface area contributed by atoms with Gasteiger partial charge in [-0.1, -0.05) is 28.4 Å². The lowest BCUT2D eigenvalue weighted by molar-refractivity contribution is 0.0954. The second kappa shape index (κ2) is 6.11. The Morgan fingerprint density at radius 1 is 1.45 bits per heavy atom. The monoisotopic (exact) mass is 314 g/mol. The highest BCUT2D eigenvalue weighted by Gasteiger charge is 2.11. The number of hydrogen-bond donors (Lipinski definition) is 2. The normalized spacial score (nSPS) is 10.6. The van der Waals surface area contributed by atoms with Crippen LogP contribution in [0.25, 0.3) is 0 Å². The predicted octanol–water partition coefficient (Wildman–Crippen LogP) is 2.24. The highest BCUT2D eigenvalue weighted by molar-refractivity contribution is 6.43. The molecule has 1 aromatic heterocycles. The molecule has 0 aliphatic carbocycles. The van der Waals surface area contributed by atoms with E-state index in [1.807, 2.05) is 0 Å². The number of carbonyl (C=O) groups excluding carboxylic acids is 1. The van der Waals surface area contributed by atoms with Crippen molar-refractivity contribution in [1.29, 1.82) is 0 Å². The van der Waals surface area contributed by atoms with Crippen LogP contribution >= 0.6 is 23.2 Å². The SMILES string of the molecule is Cc1nc(CCNC(=O)c2cc(N)c(Cl)c(Cl)c2)no1. The van der Waals surface area contributed by atoms with E-state index in [9.17, 15) is 4.79 Å². The number of anilines is 1. The second-order valence-electron chi connectivity index (χ2n) is 4.10. The van der Waals surface area contributed by atoms with Gasteiger partial charge in [-0.3, -0.25) is 4.79 Å². The van der Waals surface area contributed by atoms with Gasteiger partial charge in [-0.25, -0.2) is 0 Å². The van der Waals surface area contributed by atoms with Crippen LogP contribution in [0.3, 0.4) is 0 Å². The molecular formula is C12H12Cl2N4O2. The molecule has 2 rings (SSSR count). The number of rotatable bonds is 4. The van der Waals surface area contributed by atoms with Crippen LogP contribution in [0.4, 0.5) is 5.69 Å². The third kappa shape index (κ3) is 3.40. The molecule has 0 aliphatic heterocycles. The van der Waals surface area contributed by atoms with Crippen LogP contribution in [0.15, 0.2) is 16.7 Å². The van der Waals surface area contributed by atoms with Gasteiger partial charge in [-0.05, 0) is 12.1 Å². The Kier molecular flexibility index (Phi) is 4.46. The van der Waals surface area contributed by atoms with Gasteiger partial charge >= 0.3 is 0 Å². The number of amides is 1. The molecule has 20 heavy (non-hydrogen) atoms. The smallest absolute Gasteiger partial charge is 0.251 e. The summed E-state index contributed by atoms with van der Waals surface area (Å²) >= 11 is 11.7. The highest BCUT2D eigenvalue weighted by Crippen LogP contribution is 2.29. The molecule has 1 amide bonds. The number of aryl methyl sites for hydroxylation is 1. The summed E-state index contributed by atoms with van der Waals surface area (Å²) in [6, 6.07) is 2.94. The van der Waals surface area contributed by atoms with Crippen molar-refractivity contribution in [3.8, 4) is 0 Å². The quantitative estimate of drug-likeness (QED) is 0.844. The summed E-state index contributed by atoms with van der Waals surface area (Å²) in [5, 5.41) is 6.92. The van der Waals surface area contributed by atoms with Crippen molar-refractivity contribution in [2.24, 2.45) is 0 Å². The van der Waals surface area contributed by atoms with E-state index in [1.54, 1.807) is 6.92 Å². The number of nitrogens with zero attached hydrogens (tertiary/aromatic N) is 2. The summed E-state index contributed by atoms with van der Waals surface area (Å²) in [4.78, 5) is 16.0. The first kappa shape index (κ1) is 14.6. The number of nitrogens with two attached hydrogens (primary N) is 1. The number of carbonyl (C=O) groups is 1. The fraction of sp³-hybridized carbons (Fsp3) is 0.250. The van der Waals surface area contributed by atoms with Crippen molar-refractivity contribution < 1.29 is 9.32 Å². The average molecular weight is 315 g/mol. The summed E-state index contributed by atoms with van der Waals surface area (Å²) < 4.78 is 4.83. The molecule has 106 valence electrons. The van der Waals surface area contributed by atoms with Gasteiger partial charge in [-0.2, -0.15) is 4.98 Å². The van der Waals surface area contributed by atoms with E-state index in [-0.39, 0.29) is 21.6 Å². The maximum atomic E-state index is 11.9. The van der Waals surface area contributed by atoms with Crippen LogP contribution in [0.1, 0.15) is 22.1 Å². The Labute approximate surface area is 125 Å². The first-order valence-electron chi connectivity index (χ1n) is 5.79. The first-order valence-corrected chi connectivity index (χ1v) is 6.55. The topological polar surface area (TPSA) is 94.0 Å². The third-order valence-corrected chi connectivity index (χ3v) is 3.34. The van der Waals surface area contributed by atoms with E-state index >= 15 is 0 Å². The highest BCUT2D eigenvalue weighted by atomic mass is 35.5. The molecule has 0 unspecified atom stereocenters. The van der Waals surface area contributed by atoms with Crippen molar-refractivity contribution in [3.63, 3.8) is 0 Å². The van der Waals surface area contributed by atoms with Crippen LogP contribution in [0, 0.1) is 6.92 Å². The third-order valence-electron chi connectivity index (χ3n) is 2.52. The van der Waals surface area contributed by atoms with Crippen LogP contribution in [-0.4, -0.2) is 22.6 Å². The van der Waals surface area contributed by atoms with E-state index in [2.05, 4.69) is 15.5 Å². The minimum atomic E-state index is -0.296. The number of benzene rings is 1. The van der Waals surface area contributed by atoms with Crippen molar-refractivity contribution in [2.45, 2.75) is 13.3 Å². The van der Waals surface area contributed by atoms with Crippen molar-refractivity contribution in [2.75, 3.05) is 12.3 Å². The average Bonchev–Trinajstić information content (AvgIpc) is 2.81. The Balaban J connectivity index is 1.95. The first-order chi connectivity index (χ1) is 9.47. The molecule has 3 N–H and O–H groups in total. The van der Waals surface area contributed by atoms with Crippen molar-refractivity contribution in [1.82, 2.24) is 15.5 Å². The maximum absolute atomic E-state index is 11.9. The van der Waals surface area contributed by atoms with Gasteiger partial charge in [0.15, 0.2) is 5.82 Å². The maximum Gasteiger partial charge on any atom is 0.251 e. The fourth-order valence-corrected chi connectivity index (χ4v) is 1.91. The molecule has 0 saturated heterocycles. The number of hydrogen-bond acceptors (Lipinski definition) is 5. The van der Waals surface area contributed by atoms with Gasteiger partial charge in [0.05, 0.1) is 15.7 Å². The van der Waals surface area contributed by atoms with Crippen molar-refractivity contribution in [3.05, 3.63) is 39.5 Å². The second-order valence-corrected chi connectivity index (χ2v) is 4.88. The van der Waals surface area contributed by atoms with E-state index < -0.39 is 0 Å². The molecule has 0 fully saturated rings. The lowest BCUT2D eigenvalue weighted by atomic mass is 10.2. The number of aromatic nitrogens is 2. The summed E-state index contributed by atoms with van der Waals surface area (Å²) in [5.41, 5.74) is 6.26. The predicted molar refractivity (Wildman–Crippen MR) is 75.9 cm³/mol. The van der Waals surface area contributed by atoms with E-state index in [0.717, 1.165) is 0 Å². The molecule has 0 spiro atoms. The minimum Gasteiger partial charge on any atom is -0.397 e. The molecule has 2 aromatic rings. The van der Waals surface area contributed by atoms with E-state index in [0.29, 0.717) is 30.2 Å². The molecule has 6 nitrogen and oxygen atoms in total. The Bertz CT molecular complexity index is 619. The van der Waals surface area contributed by atoms with Gasteiger partial charge < -0.3 is 15.6 Å². The largest absolute Gasteiger partial charge is 0.397 e. The van der Waals surface area contributed by atoms with E-state index in [1.165, 1.54) is 12.1 Å². The molecular weight excluding hydrogens is 303 g/mol. The fourth-order valence-electron chi connectivity index (χ4n) is 1.57. The summed E-state index contributed by atoms with van der Waals surface area (Å²) in [6.07, 6.45) is 0.472. The van der Waals surface area contributed by atoms with Gasteiger partial charge in [0, 0.05) is 25.5 Å². The van der Waals surface area contributed by atoms with Crippen LogP contribution < -0.4 is 11.1 Å². The minimum absolute atomic E-state index is 0.241. The number of nitrogen functional groups attached to an aromatic ring is 1. The molecule has 0 bridgehead atoms. The van der Waals surface area contributed by atoms with Gasteiger partial charge in [0.1, 0.15) is 0 Å². The molecule has 1 aromatic carbocycles. The zero-order valence-electron chi connectivity index (χ0n) is 10.6. The molecule has 0 radical (unpaired) electrons.